The van der Waals surface area contributed by atoms with E-state index in [4.69, 9.17) is 0 Å². The normalized spacial score (nSPS) is 11.3. The molecule has 6 heteroatoms. The average molecular weight is 235 g/mol. The van der Waals surface area contributed by atoms with Crippen molar-refractivity contribution in [1.82, 2.24) is 0 Å². The van der Waals surface area contributed by atoms with Crippen LogP contribution in [0.3, 0.4) is 0 Å². The van der Waals surface area contributed by atoms with E-state index < -0.39 is 24.3 Å². The molecule has 0 fully saturated rings. The maximum atomic E-state index is 12.8. The molecule has 0 saturated heterocycles. The molecule has 1 amide bonds. The van der Waals surface area contributed by atoms with Crippen LogP contribution in [-0.2, 0) is 11.2 Å². The fourth-order valence-electron chi connectivity index (χ4n) is 1.22. The molecule has 16 heavy (non-hydrogen) atoms. The van der Waals surface area contributed by atoms with Crippen LogP contribution in [0.2, 0.25) is 0 Å². The number of hydrogen-bond acceptors (Lipinski definition) is 1. The molecule has 1 aromatic rings. The summed E-state index contributed by atoms with van der Waals surface area (Å²) in [5, 5.41) is 2.16. The second-order valence-corrected chi connectivity index (χ2v) is 3.27. The molecule has 0 spiro atoms. The summed E-state index contributed by atoms with van der Waals surface area (Å²) < 4.78 is 49.3. The number of benzene rings is 1. The Morgan fingerprint density at radius 3 is 2.50 bits per heavy atom. The van der Waals surface area contributed by atoms with Crippen LogP contribution in [0.5, 0.6) is 0 Å². The van der Waals surface area contributed by atoms with E-state index in [1.165, 1.54) is 0 Å². The van der Waals surface area contributed by atoms with Gasteiger partial charge in [0.05, 0.1) is 6.42 Å². The lowest BCUT2D eigenvalue weighted by Crippen LogP contribution is -2.15. The molecule has 0 bridgehead atoms. The Morgan fingerprint density at radius 2 is 2.00 bits per heavy atom. The minimum absolute atomic E-state index is 0.148. The van der Waals surface area contributed by atoms with Crippen molar-refractivity contribution < 1.29 is 22.4 Å². The van der Waals surface area contributed by atoms with Crippen LogP contribution in [0.1, 0.15) is 12.5 Å². The van der Waals surface area contributed by atoms with E-state index in [0.717, 1.165) is 25.1 Å². The zero-order chi connectivity index (χ0) is 12.3. The maximum absolute atomic E-state index is 12.8. The van der Waals surface area contributed by atoms with Crippen LogP contribution in [0.25, 0.3) is 0 Å². The van der Waals surface area contributed by atoms with Crippen LogP contribution in [0, 0.1) is 5.82 Å². The predicted molar refractivity (Wildman–Crippen MR) is 50.5 cm³/mol. The molecule has 1 rings (SSSR count). The number of amides is 1. The molecule has 0 heterocycles. The van der Waals surface area contributed by atoms with E-state index in [1.807, 2.05) is 0 Å². The van der Waals surface area contributed by atoms with Gasteiger partial charge in [-0.3, -0.25) is 4.79 Å². The largest absolute Gasteiger partial charge is 0.393 e. The van der Waals surface area contributed by atoms with Crippen molar-refractivity contribution in [3.8, 4) is 0 Å². The smallest absolute Gasteiger partial charge is 0.326 e. The Morgan fingerprint density at radius 1 is 1.38 bits per heavy atom. The Labute approximate surface area is 89.3 Å². The molecule has 0 aliphatic heterocycles. The number of hydrogen-bond donors (Lipinski definition) is 1. The van der Waals surface area contributed by atoms with Gasteiger partial charge < -0.3 is 5.32 Å². The first-order chi connectivity index (χ1) is 7.28. The highest BCUT2D eigenvalue weighted by molar-refractivity contribution is 5.89. The number of carbonyl (C=O) groups excluding carboxylic acids is 1. The molecule has 0 aliphatic rings. The Kier molecular flexibility index (Phi) is 3.51. The third-order valence-electron chi connectivity index (χ3n) is 1.77. The SMILES string of the molecule is CC(=O)Nc1cc(F)ccc1CC(F)(F)F. The van der Waals surface area contributed by atoms with E-state index in [-0.39, 0.29) is 11.3 Å². The molecule has 0 atom stereocenters. The predicted octanol–water partition coefficient (Wildman–Crippen LogP) is 2.89. The first kappa shape index (κ1) is 12.5. The third kappa shape index (κ3) is 3.88. The van der Waals surface area contributed by atoms with Gasteiger partial charge in [0.1, 0.15) is 5.82 Å². The minimum Gasteiger partial charge on any atom is -0.326 e. The van der Waals surface area contributed by atoms with Gasteiger partial charge in [-0.25, -0.2) is 4.39 Å². The minimum atomic E-state index is -4.40. The molecular weight excluding hydrogens is 226 g/mol. The molecule has 0 unspecified atom stereocenters. The van der Waals surface area contributed by atoms with Crippen molar-refractivity contribution in [1.29, 1.82) is 0 Å². The molecule has 0 radical (unpaired) electrons. The average Bonchev–Trinajstić information content (AvgIpc) is 2.06. The number of rotatable bonds is 2. The van der Waals surface area contributed by atoms with Crippen LogP contribution >= 0.6 is 0 Å². The van der Waals surface area contributed by atoms with Crippen molar-refractivity contribution in [3.05, 3.63) is 29.6 Å². The number of carbonyl (C=O) groups is 1. The lowest BCUT2D eigenvalue weighted by molar-refractivity contribution is -0.127. The van der Waals surface area contributed by atoms with Gasteiger partial charge in [0.25, 0.3) is 0 Å². The molecule has 2 nitrogen and oxygen atoms in total. The van der Waals surface area contributed by atoms with Crippen molar-refractivity contribution in [3.63, 3.8) is 0 Å². The fraction of sp³-hybridized carbons (Fsp3) is 0.300. The molecular formula is C10H9F4NO. The standard InChI is InChI=1S/C10H9F4NO/c1-6(16)15-9-4-8(11)3-2-7(9)5-10(12,13)14/h2-4H,5H2,1H3,(H,15,16). The summed E-state index contributed by atoms with van der Waals surface area (Å²) in [6, 6.07) is 2.79. The summed E-state index contributed by atoms with van der Waals surface area (Å²) in [7, 11) is 0. The van der Waals surface area contributed by atoms with Gasteiger partial charge in [-0.15, -0.1) is 0 Å². The molecule has 0 aliphatic carbocycles. The number of anilines is 1. The zero-order valence-corrected chi connectivity index (χ0v) is 8.36. The van der Waals surface area contributed by atoms with Crippen molar-refractivity contribution >= 4 is 11.6 Å². The summed E-state index contributed by atoms with van der Waals surface area (Å²) in [5.41, 5.74) is -0.311. The third-order valence-corrected chi connectivity index (χ3v) is 1.77. The number of alkyl halides is 3. The van der Waals surface area contributed by atoms with E-state index >= 15 is 0 Å². The topological polar surface area (TPSA) is 29.1 Å². The molecule has 1 aromatic carbocycles. The van der Waals surface area contributed by atoms with Crippen LogP contribution in [-0.4, -0.2) is 12.1 Å². The van der Waals surface area contributed by atoms with Crippen LogP contribution in [0.4, 0.5) is 23.2 Å². The van der Waals surface area contributed by atoms with E-state index in [2.05, 4.69) is 5.32 Å². The Bertz CT molecular complexity index is 400. The quantitative estimate of drug-likeness (QED) is 0.784. The highest BCUT2D eigenvalue weighted by Gasteiger charge is 2.29. The second-order valence-electron chi connectivity index (χ2n) is 3.27. The van der Waals surface area contributed by atoms with Gasteiger partial charge in [-0.1, -0.05) is 6.07 Å². The monoisotopic (exact) mass is 235 g/mol. The highest BCUT2D eigenvalue weighted by atomic mass is 19.4. The molecule has 88 valence electrons. The van der Waals surface area contributed by atoms with Gasteiger partial charge in [0.15, 0.2) is 0 Å². The van der Waals surface area contributed by atoms with Gasteiger partial charge >= 0.3 is 6.18 Å². The maximum Gasteiger partial charge on any atom is 0.393 e. The first-order valence-corrected chi connectivity index (χ1v) is 4.41. The number of nitrogens with one attached hydrogen (secondary N) is 1. The summed E-state index contributed by atoms with van der Waals surface area (Å²) >= 11 is 0. The lowest BCUT2D eigenvalue weighted by Gasteiger charge is -2.12. The van der Waals surface area contributed by atoms with E-state index in [0.29, 0.717) is 0 Å². The van der Waals surface area contributed by atoms with Gasteiger partial charge in [-0.05, 0) is 17.7 Å². The number of halogens is 4. The summed E-state index contributed by atoms with van der Waals surface area (Å²) in [5.74, 6) is -1.25. The van der Waals surface area contributed by atoms with Crippen LogP contribution in [0.15, 0.2) is 18.2 Å². The zero-order valence-electron chi connectivity index (χ0n) is 8.36. The Balaban J connectivity index is 3.02. The van der Waals surface area contributed by atoms with Gasteiger partial charge in [0.2, 0.25) is 5.91 Å². The van der Waals surface area contributed by atoms with Crippen molar-refractivity contribution in [2.75, 3.05) is 5.32 Å². The van der Waals surface area contributed by atoms with Crippen molar-refractivity contribution in [2.24, 2.45) is 0 Å². The molecule has 0 saturated carbocycles. The molecule has 1 N–H and O–H groups in total. The highest BCUT2D eigenvalue weighted by Crippen LogP contribution is 2.26. The fourth-order valence-corrected chi connectivity index (χ4v) is 1.22. The lowest BCUT2D eigenvalue weighted by atomic mass is 10.1. The van der Waals surface area contributed by atoms with Gasteiger partial charge in [-0.2, -0.15) is 13.2 Å². The summed E-state index contributed by atoms with van der Waals surface area (Å²) in [6.45, 7) is 1.14. The van der Waals surface area contributed by atoms with E-state index in [1.54, 1.807) is 0 Å². The second kappa shape index (κ2) is 4.51. The van der Waals surface area contributed by atoms with E-state index in [9.17, 15) is 22.4 Å². The van der Waals surface area contributed by atoms with Crippen molar-refractivity contribution in [2.45, 2.75) is 19.5 Å². The van der Waals surface area contributed by atoms with Crippen LogP contribution < -0.4 is 5.32 Å². The summed E-state index contributed by atoms with van der Waals surface area (Å²) in [6.07, 6.45) is -5.60. The van der Waals surface area contributed by atoms with Gasteiger partial charge in [0, 0.05) is 12.6 Å². The molecule has 0 aromatic heterocycles. The first-order valence-electron chi connectivity index (χ1n) is 4.41. The Hall–Kier alpha value is -1.59. The summed E-state index contributed by atoms with van der Waals surface area (Å²) in [4.78, 5) is 10.7.